The number of hydrogen-bond acceptors (Lipinski definition) is 6. The van der Waals surface area contributed by atoms with Gasteiger partial charge in [0.2, 0.25) is 5.91 Å². The molecule has 17 heteroatoms. The van der Waals surface area contributed by atoms with Gasteiger partial charge in [-0.05, 0) is 55.6 Å². The predicted molar refractivity (Wildman–Crippen MR) is 151 cm³/mol. The van der Waals surface area contributed by atoms with Gasteiger partial charge in [-0.3, -0.25) is 13.9 Å². The number of carbonyl (C=O) groups excluding carboxylic acids is 1. The normalized spacial score (nSPS) is 23.1. The molecule has 2 saturated heterocycles. The number of nitrogens with zero attached hydrogens (tertiary/aromatic N) is 1. The Kier molecular flexibility index (Phi) is 9.40. The molecule has 0 bridgehead atoms. The number of benzene rings is 2. The van der Waals surface area contributed by atoms with Crippen molar-refractivity contribution in [1.29, 1.82) is 0 Å². The van der Waals surface area contributed by atoms with Crippen molar-refractivity contribution in [2.75, 3.05) is 37.7 Å². The molecule has 0 saturated carbocycles. The van der Waals surface area contributed by atoms with Crippen LogP contribution in [0.4, 0.5) is 35.1 Å². The summed E-state index contributed by atoms with van der Waals surface area (Å²) < 4.78 is 155. The van der Waals surface area contributed by atoms with Crippen molar-refractivity contribution in [3.63, 3.8) is 0 Å². The summed E-state index contributed by atoms with van der Waals surface area (Å²) in [5, 5.41) is 3.07. The quantitative estimate of drug-likeness (QED) is 0.226. The van der Waals surface area contributed by atoms with Crippen molar-refractivity contribution >= 4 is 26.3 Å². The molecule has 252 valence electrons. The van der Waals surface area contributed by atoms with E-state index in [1.54, 1.807) is 6.92 Å². The van der Waals surface area contributed by atoms with Crippen LogP contribution in [0, 0.1) is 11.2 Å². The highest BCUT2D eigenvalue weighted by Crippen LogP contribution is 2.55. The van der Waals surface area contributed by atoms with Crippen molar-refractivity contribution < 1.29 is 57.4 Å². The fraction of sp³-hybridized carbons (Fsp3) is 0.536. The SMILES string of the molecule is CCNCC1(C(=O)N2CCC(c3ccc(C(F)(C(F)(F)F)C(F)(F)F)cc3)(S(=O)(=O)c3ccc(F)cc3)C2)CCS(O)(O)CC1. The van der Waals surface area contributed by atoms with Crippen LogP contribution in [-0.4, -0.2) is 78.4 Å². The van der Waals surface area contributed by atoms with Crippen molar-refractivity contribution in [3.05, 3.63) is 65.5 Å². The molecule has 2 aliphatic rings. The van der Waals surface area contributed by atoms with Crippen LogP contribution in [0.1, 0.15) is 37.3 Å². The number of nitrogens with one attached hydrogen (secondary N) is 1. The van der Waals surface area contributed by atoms with Crippen LogP contribution in [0.2, 0.25) is 0 Å². The summed E-state index contributed by atoms with van der Waals surface area (Å²) in [4.78, 5) is 14.9. The number of carbonyl (C=O) groups is 1. The first-order valence-electron chi connectivity index (χ1n) is 13.8. The zero-order valence-corrected chi connectivity index (χ0v) is 25.5. The molecular weight excluding hydrogens is 660 g/mol. The molecule has 1 amide bonds. The second kappa shape index (κ2) is 12.0. The van der Waals surface area contributed by atoms with Crippen LogP contribution < -0.4 is 5.32 Å². The second-order valence-electron chi connectivity index (χ2n) is 11.4. The van der Waals surface area contributed by atoms with Gasteiger partial charge in [0.1, 0.15) is 10.6 Å². The maximum absolute atomic E-state index is 14.8. The van der Waals surface area contributed by atoms with Crippen molar-refractivity contribution in [1.82, 2.24) is 10.2 Å². The van der Waals surface area contributed by atoms with E-state index in [2.05, 4.69) is 5.32 Å². The summed E-state index contributed by atoms with van der Waals surface area (Å²) in [5.74, 6) is -1.42. The van der Waals surface area contributed by atoms with Crippen LogP contribution in [0.3, 0.4) is 0 Å². The molecular formula is C28H32F8N2O5S2. The number of alkyl halides is 7. The van der Waals surface area contributed by atoms with Gasteiger partial charge in [0, 0.05) is 36.7 Å². The predicted octanol–water partition coefficient (Wildman–Crippen LogP) is 6.16. The lowest BCUT2D eigenvalue weighted by molar-refractivity contribution is -0.348. The Hall–Kier alpha value is -2.47. The molecule has 2 fully saturated rings. The Labute approximate surface area is 256 Å². The molecule has 0 spiro atoms. The Morgan fingerprint density at radius 1 is 0.911 bits per heavy atom. The third-order valence-corrected chi connectivity index (χ3v) is 12.9. The molecule has 3 N–H and O–H groups in total. The zero-order chi connectivity index (χ0) is 33.7. The van der Waals surface area contributed by atoms with Crippen molar-refractivity contribution in [2.45, 2.75) is 53.9 Å². The lowest BCUT2D eigenvalue weighted by Crippen LogP contribution is -2.52. The molecule has 0 radical (unpaired) electrons. The topological polar surface area (TPSA) is 107 Å². The molecule has 2 aromatic rings. The Balaban J connectivity index is 1.81. The highest BCUT2D eigenvalue weighted by Gasteiger charge is 2.73. The molecule has 2 aliphatic heterocycles. The number of rotatable bonds is 8. The Bertz CT molecular complexity index is 1470. The zero-order valence-electron chi connectivity index (χ0n) is 23.9. The fourth-order valence-corrected chi connectivity index (χ4v) is 9.72. The van der Waals surface area contributed by atoms with E-state index in [-0.39, 0.29) is 61.6 Å². The van der Waals surface area contributed by atoms with E-state index in [1.165, 1.54) is 4.90 Å². The first-order valence-corrected chi connectivity index (χ1v) is 17.2. The van der Waals surface area contributed by atoms with Gasteiger partial charge in [0.25, 0.3) is 0 Å². The molecule has 1 unspecified atom stereocenters. The lowest BCUT2D eigenvalue weighted by atomic mass is 9.80. The maximum Gasteiger partial charge on any atom is 0.435 e. The van der Waals surface area contributed by atoms with Crippen LogP contribution in [0.25, 0.3) is 0 Å². The van der Waals surface area contributed by atoms with Crippen molar-refractivity contribution in [2.24, 2.45) is 5.41 Å². The van der Waals surface area contributed by atoms with Crippen molar-refractivity contribution in [3.8, 4) is 0 Å². The molecule has 1 atom stereocenters. The molecule has 2 aromatic carbocycles. The van der Waals surface area contributed by atoms with Gasteiger partial charge in [0.05, 0.1) is 10.3 Å². The smallest absolute Gasteiger partial charge is 0.340 e. The Morgan fingerprint density at radius 3 is 1.93 bits per heavy atom. The van der Waals surface area contributed by atoms with Gasteiger partial charge in [-0.25, -0.2) is 17.2 Å². The largest absolute Gasteiger partial charge is 0.435 e. The third kappa shape index (κ3) is 6.17. The van der Waals surface area contributed by atoms with Gasteiger partial charge < -0.3 is 10.2 Å². The van der Waals surface area contributed by atoms with E-state index in [1.807, 2.05) is 0 Å². The lowest BCUT2D eigenvalue weighted by Gasteiger charge is -2.46. The van der Waals surface area contributed by atoms with E-state index in [0.29, 0.717) is 18.7 Å². The van der Waals surface area contributed by atoms with E-state index in [9.17, 15) is 57.4 Å². The summed E-state index contributed by atoms with van der Waals surface area (Å²) in [7, 11) is -7.54. The highest BCUT2D eigenvalue weighted by molar-refractivity contribution is 8.24. The fourth-order valence-electron chi connectivity index (χ4n) is 6.01. The van der Waals surface area contributed by atoms with E-state index < -0.39 is 77.3 Å². The maximum atomic E-state index is 14.8. The molecule has 4 rings (SSSR count). The summed E-state index contributed by atoms with van der Waals surface area (Å²) in [6, 6.07) is 5.40. The van der Waals surface area contributed by atoms with E-state index in [4.69, 9.17) is 0 Å². The van der Waals surface area contributed by atoms with Crippen LogP contribution in [0.5, 0.6) is 0 Å². The molecule has 7 nitrogen and oxygen atoms in total. The van der Waals surface area contributed by atoms with Crippen LogP contribution in [0.15, 0.2) is 53.4 Å². The van der Waals surface area contributed by atoms with E-state index in [0.717, 1.165) is 24.3 Å². The number of sulfone groups is 1. The monoisotopic (exact) mass is 692 g/mol. The highest BCUT2D eigenvalue weighted by atomic mass is 32.3. The average molecular weight is 693 g/mol. The van der Waals surface area contributed by atoms with Gasteiger partial charge in [0.15, 0.2) is 9.84 Å². The minimum Gasteiger partial charge on any atom is -0.340 e. The van der Waals surface area contributed by atoms with Crippen LogP contribution >= 0.6 is 10.6 Å². The van der Waals surface area contributed by atoms with Gasteiger partial charge in [-0.15, -0.1) is 0 Å². The van der Waals surface area contributed by atoms with Crippen LogP contribution in [-0.2, 0) is 25.0 Å². The molecule has 45 heavy (non-hydrogen) atoms. The van der Waals surface area contributed by atoms with Gasteiger partial charge in [-0.2, -0.15) is 36.9 Å². The minimum atomic E-state index is -6.38. The summed E-state index contributed by atoms with van der Waals surface area (Å²) in [6.07, 6.45) is -13.0. The average Bonchev–Trinajstić information content (AvgIpc) is 3.43. The van der Waals surface area contributed by atoms with E-state index >= 15 is 0 Å². The van der Waals surface area contributed by atoms with Gasteiger partial charge >= 0.3 is 18.0 Å². The first kappa shape index (κ1) is 35.4. The molecule has 0 aromatic heterocycles. The number of amides is 1. The standard InChI is InChI=1S/C28H32F8N2O5S2/c1-2-37-17-24(12-15-44(40,41)16-13-24)23(39)38-14-11-25(18-38,45(42,43)22-9-7-21(29)8-10-22)19-3-5-20(6-4-19)26(30,27(31,32)33)28(34,35)36/h3-10,37,40-41H,2,11-18H2,1H3. The van der Waals surface area contributed by atoms with Gasteiger partial charge in [-0.1, -0.05) is 31.2 Å². The summed E-state index contributed by atoms with van der Waals surface area (Å²) >= 11 is 0. The number of halogens is 8. The molecule has 0 aliphatic carbocycles. The Morgan fingerprint density at radius 2 is 1.44 bits per heavy atom. The number of hydrogen-bond donors (Lipinski definition) is 3. The second-order valence-corrected chi connectivity index (χ2v) is 16.1. The summed E-state index contributed by atoms with van der Waals surface area (Å²) in [5.41, 5.74) is -8.99. The third-order valence-electron chi connectivity index (χ3n) is 8.73. The molecule has 2 heterocycles. The minimum absolute atomic E-state index is 0.0670. The number of likely N-dealkylation sites (tertiary alicyclic amines) is 1. The first-order chi connectivity index (χ1) is 20.7. The summed E-state index contributed by atoms with van der Waals surface area (Å²) in [6.45, 7) is 1.62.